The monoisotopic (exact) mass is 271 g/mol. The highest BCUT2D eigenvalue weighted by Crippen LogP contribution is 2.27. The summed E-state index contributed by atoms with van der Waals surface area (Å²) in [5.41, 5.74) is 11.5. The Morgan fingerprint density at radius 3 is 2.47 bits per heavy atom. The van der Waals surface area contributed by atoms with E-state index in [1.165, 1.54) is 27.1 Å². The van der Waals surface area contributed by atoms with E-state index in [-0.39, 0.29) is 6.04 Å². The van der Waals surface area contributed by atoms with E-state index < -0.39 is 0 Å². The first-order valence-electron chi connectivity index (χ1n) is 6.59. The molecule has 0 radical (unpaired) electrons. The average Bonchev–Trinajstić information content (AvgIpc) is 2.40. The fraction of sp³-hybridized carbons (Fsp3) is 0.294. The number of rotatable bonds is 4. The summed E-state index contributed by atoms with van der Waals surface area (Å²) < 4.78 is 0. The van der Waals surface area contributed by atoms with Crippen molar-refractivity contribution >= 4 is 11.8 Å². The number of thioether (sulfide) groups is 1. The Bertz CT molecular complexity index is 563. The number of hydrogen-bond acceptors (Lipinski definition) is 2. The van der Waals surface area contributed by atoms with Crippen LogP contribution in [0.3, 0.4) is 0 Å². The van der Waals surface area contributed by atoms with Crippen molar-refractivity contribution in [2.75, 3.05) is 5.75 Å². The van der Waals surface area contributed by atoms with Gasteiger partial charge in [-0.1, -0.05) is 42.0 Å². The first-order valence-corrected chi connectivity index (χ1v) is 7.57. The van der Waals surface area contributed by atoms with Gasteiger partial charge in [-0.3, -0.25) is 0 Å². The topological polar surface area (TPSA) is 26.0 Å². The lowest BCUT2D eigenvalue weighted by Crippen LogP contribution is -2.14. The standard InChI is InChI=1S/C17H21NS/c1-12-8-9-13(2)15(10-12)16(18)11-19-17-7-5-4-6-14(17)3/h4-10,16H,11,18H2,1-3H3. The van der Waals surface area contributed by atoms with Gasteiger partial charge in [0.2, 0.25) is 0 Å². The normalized spacial score (nSPS) is 12.4. The molecule has 2 aromatic carbocycles. The zero-order chi connectivity index (χ0) is 13.8. The van der Waals surface area contributed by atoms with Gasteiger partial charge in [0.15, 0.2) is 0 Å². The van der Waals surface area contributed by atoms with Crippen molar-refractivity contribution in [3.05, 3.63) is 64.7 Å². The Labute approximate surface area is 120 Å². The molecule has 0 fully saturated rings. The number of hydrogen-bond donors (Lipinski definition) is 1. The molecule has 0 aliphatic carbocycles. The van der Waals surface area contributed by atoms with Gasteiger partial charge >= 0.3 is 0 Å². The van der Waals surface area contributed by atoms with Gasteiger partial charge in [0.25, 0.3) is 0 Å². The van der Waals surface area contributed by atoms with Crippen LogP contribution in [0.2, 0.25) is 0 Å². The third kappa shape index (κ3) is 3.62. The van der Waals surface area contributed by atoms with Gasteiger partial charge in [-0.25, -0.2) is 0 Å². The summed E-state index contributed by atoms with van der Waals surface area (Å²) in [6, 6.07) is 15.1. The van der Waals surface area contributed by atoms with E-state index in [1.54, 1.807) is 0 Å². The number of nitrogens with two attached hydrogens (primary N) is 1. The predicted molar refractivity (Wildman–Crippen MR) is 84.7 cm³/mol. The van der Waals surface area contributed by atoms with E-state index in [0.29, 0.717) is 0 Å². The largest absolute Gasteiger partial charge is 0.323 e. The zero-order valence-corrected chi connectivity index (χ0v) is 12.6. The second-order valence-electron chi connectivity index (χ2n) is 5.04. The summed E-state index contributed by atoms with van der Waals surface area (Å²) in [4.78, 5) is 1.32. The van der Waals surface area contributed by atoms with Gasteiger partial charge in [0, 0.05) is 16.7 Å². The van der Waals surface area contributed by atoms with Crippen molar-refractivity contribution in [1.29, 1.82) is 0 Å². The summed E-state index contributed by atoms with van der Waals surface area (Å²) >= 11 is 1.84. The van der Waals surface area contributed by atoms with Crippen LogP contribution in [0.15, 0.2) is 47.4 Å². The molecule has 19 heavy (non-hydrogen) atoms. The van der Waals surface area contributed by atoms with Gasteiger partial charge in [-0.05, 0) is 43.5 Å². The predicted octanol–water partition coefficient (Wildman–Crippen LogP) is 4.40. The maximum atomic E-state index is 6.34. The van der Waals surface area contributed by atoms with Crippen LogP contribution < -0.4 is 5.73 Å². The van der Waals surface area contributed by atoms with E-state index in [0.717, 1.165) is 5.75 Å². The van der Waals surface area contributed by atoms with Crippen LogP contribution in [-0.4, -0.2) is 5.75 Å². The molecule has 1 nitrogen and oxygen atoms in total. The van der Waals surface area contributed by atoms with Crippen molar-refractivity contribution in [3.8, 4) is 0 Å². The molecule has 2 aromatic rings. The van der Waals surface area contributed by atoms with Crippen molar-refractivity contribution in [2.24, 2.45) is 5.73 Å². The van der Waals surface area contributed by atoms with Gasteiger partial charge in [-0.2, -0.15) is 0 Å². The SMILES string of the molecule is Cc1ccc(C)c(C(N)CSc2ccccc2C)c1. The molecule has 0 bridgehead atoms. The van der Waals surface area contributed by atoms with E-state index in [9.17, 15) is 0 Å². The summed E-state index contributed by atoms with van der Waals surface area (Å²) in [5.74, 6) is 0.912. The molecule has 0 spiro atoms. The van der Waals surface area contributed by atoms with Crippen molar-refractivity contribution < 1.29 is 0 Å². The van der Waals surface area contributed by atoms with Gasteiger partial charge < -0.3 is 5.73 Å². The average molecular weight is 271 g/mol. The number of aryl methyl sites for hydroxylation is 3. The molecular formula is C17H21NS. The zero-order valence-electron chi connectivity index (χ0n) is 11.8. The summed E-state index contributed by atoms with van der Waals surface area (Å²) in [7, 11) is 0. The first kappa shape index (κ1) is 14.2. The Morgan fingerprint density at radius 2 is 1.74 bits per heavy atom. The fourth-order valence-electron chi connectivity index (χ4n) is 2.15. The van der Waals surface area contributed by atoms with Gasteiger partial charge in [0.05, 0.1) is 0 Å². The fourth-order valence-corrected chi connectivity index (χ4v) is 3.16. The van der Waals surface area contributed by atoms with Crippen molar-refractivity contribution in [1.82, 2.24) is 0 Å². The van der Waals surface area contributed by atoms with Crippen LogP contribution in [-0.2, 0) is 0 Å². The van der Waals surface area contributed by atoms with Crippen LogP contribution >= 0.6 is 11.8 Å². The second kappa shape index (κ2) is 6.27. The lowest BCUT2D eigenvalue weighted by molar-refractivity contribution is 0.821. The highest BCUT2D eigenvalue weighted by atomic mass is 32.2. The molecule has 2 N–H and O–H groups in total. The Hall–Kier alpha value is -1.25. The maximum Gasteiger partial charge on any atom is 0.0393 e. The smallest absolute Gasteiger partial charge is 0.0393 e. The van der Waals surface area contributed by atoms with E-state index in [2.05, 4.69) is 63.2 Å². The number of benzene rings is 2. The Morgan fingerprint density at radius 1 is 1.00 bits per heavy atom. The first-order chi connectivity index (χ1) is 9.08. The molecule has 0 saturated heterocycles. The minimum Gasteiger partial charge on any atom is -0.323 e. The third-order valence-corrected chi connectivity index (χ3v) is 4.64. The quantitative estimate of drug-likeness (QED) is 0.834. The molecule has 0 aromatic heterocycles. The molecule has 2 rings (SSSR count). The van der Waals surface area contributed by atoms with Crippen LogP contribution in [0.4, 0.5) is 0 Å². The minimum atomic E-state index is 0.0875. The molecule has 0 aliphatic heterocycles. The highest BCUT2D eigenvalue weighted by molar-refractivity contribution is 7.99. The highest BCUT2D eigenvalue weighted by Gasteiger charge is 2.10. The maximum absolute atomic E-state index is 6.34. The lowest BCUT2D eigenvalue weighted by Gasteiger charge is -2.16. The van der Waals surface area contributed by atoms with Crippen molar-refractivity contribution in [3.63, 3.8) is 0 Å². The minimum absolute atomic E-state index is 0.0875. The van der Waals surface area contributed by atoms with E-state index in [1.807, 2.05) is 11.8 Å². The molecular weight excluding hydrogens is 250 g/mol. The molecule has 1 atom stereocenters. The van der Waals surface area contributed by atoms with Crippen LogP contribution in [0.25, 0.3) is 0 Å². The molecule has 1 unspecified atom stereocenters. The van der Waals surface area contributed by atoms with Crippen molar-refractivity contribution in [2.45, 2.75) is 31.7 Å². The second-order valence-corrected chi connectivity index (χ2v) is 6.10. The van der Waals surface area contributed by atoms with Crippen LogP contribution in [0, 0.1) is 20.8 Å². The Balaban J connectivity index is 2.07. The summed E-state index contributed by atoms with van der Waals surface area (Å²) in [6.07, 6.45) is 0. The third-order valence-electron chi connectivity index (χ3n) is 3.35. The summed E-state index contributed by atoms with van der Waals surface area (Å²) in [6.45, 7) is 6.39. The lowest BCUT2D eigenvalue weighted by atomic mass is 10.0. The molecule has 100 valence electrons. The summed E-state index contributed by atoms with van der Waals surface area (Å²) in [5, 5.41) is 0. The van der Waals surface area contributed by atoms with Gasteiger partial charge in [0.1, 0.15) is 0 Å². The van der Waals surface area contributed by atoms with Crippen LogP contribution in [0.5, 0.6) is 0 Å². The molecule has 0 amide bonds. The molecule has 0 aliphatic rings. The van der Waals surface area contributed by atoms with E-state index in [4.69, 9.17) is 5.73 Å². The molecule has 0 saturated carbocycles. The van der Waals surface area contributed by atoms with Gasteiger partial charge in [-0.15, -0.1) is 11.8 Å². The molecule has 0 heterocycles. The van der Waals surface area contributed by atoms with E-state index >= 15 is 0 Å². The van der Waals surface area contributed by atoms with Crippen LogP contribution in [0.1, 0.15) is 28.3 Å². The molecule has 2 heteroatoms. The Kier molecular flexibility index (Phi) is 4.67.